The Morgan fingerprint density at radius 1 is 0.923 bits per heavy atom. The third kappa shape index (κ3) is 2.94. The number of benzene rings is 1. The van der Waals surface area contributed by atoms with Crippen LogP contribution in [0.1, 0.15) is 45.6 Å². The average molecular weight is 386 g/mol. The Kier molecular flexibility index (Phi) is 4.96. The number of nitrogens with zero attached hydrogens (tertiary/aromatic N) is 1. The van der Waals surface area contributed by atoms with Crippen molar-refractivity contribution in [3.05, 3.63) is 50.7 Å². The molecule has 1 aromatic carbocycles. The number of carbonyl (C=O) groups is 1. The lowest BCUT2D eigenvalue weighted by atomic mass is 10.1. The molecule has 136 valence electrons. The first-order valence-corrected chi connectivity index (χ1v) is 8.55. The van der Waals surface area contributed by atoms with Gasteiger partial charge in [0.15, 0.2) is 23.3 Å². The fourth-order valence-electron chi connectivity index (χ4n) is 2.92. The van der Waals surface area contributed by atoms with E-state index in [1.54, 1.807) is 0 Å². The predicted octanol–water partition coefficient (Wildman–Crippen LogP) is 4.84. The van der Waals surface area contributed by atoms with Gasteiger partial charge in [-0.15, -0.1) is 11.3 Å². The second-order valence-corrected chi connectivity index (χ2v) is 6.88. The van der Waals surface area contributed by atoms with E-state index in [1.807, 2.05) is 6.07 Å². The van der Waals surface area contributed by atoms with E-state index in [0.29, 0.717) is 12.8 Å². The van der Waals surface area contributed by atoms with Crippen LogP contribution in [0.3, 0.4) is 0 Å². The SMILES string of the molecule is N#Cc1c(NC(=O)c2c(F)c(F)c(F)c(F)c2F)sc2c1CCCCC2. The van der Waals surface area contributed by atoms with Gasteiger partial charge in [-0.1, -0.05) is 6.42 Å². The molecular formula is C17H11F5N2OS. The van der Waals surface area contributed by atoms with E-state index < -0.39 is 40.6 Å². The summed E-state index contributed by atoms with van der Waals surface area (Å²) in [5, 5.41) is 11.5. The highest BCUT2D eigenvalue weighted by Gasteiger charge is 2.31. The van der Waals surface area contributed by atoms with Crippen LogP contribution in [0.25, 0.3) is 0 Å². The number of hydrogen-bond donors (Lipinski definition) is 1. The van der Waals surface area contributed by atoms with Crippen LogP contribution in [0.15, 0.2) is 0 Å². The minimum atomic E-state index is -2.34. The van der Waals surface area contributed by atoms with Crippen molar-refractivity contribution in [2.24, 2.45) is 0 Å². The van der Waals surface area contributed by atoms with Gasteiger partial charge in [0.2, 0.25) is 5.82 Å². The molecule has 0 aliphatic heterocycles. The second kappa shape index (κ2) is 7.03. The third-order valence-corrected chi connectivity index (χ3v) is 5.40. The van der Waals surface area contributed by atoms with Crippen molar-refractivity contribution in [1.29, 1.82) is 5.26 Å². The van der Waals surface area contributed by atoms with Crippen LogP contribution in [0.2, 0.25) is 0 Å². The maximum absolute atomic E-state index is 13.8. The van der Waals surface area contributed by atoms with E-state index in [4.69, 9.17) is 0 Å². The first kappa shape index (κ1) is 18.3. The van der Waals surface area contributed by atoms with Gasteiger partial charge < -0.3 is 5.32 Å². The van der Waals surface area contributed by atoms with Gasteiger partial charge in [0.25, 0.3) is 5.91 Å². The largest absolute Gasteiger partial charge is 0.312 e. The van der Waals surface area contributed by atoms with Crippen LogP contribution >= 0.6 is 11.3 Å². The van der Waals surface area contributed by atoms with Gasteiger partial charge in [-0.05, 0) is 31.2 Å². The summed E-state index contributed by atoms with van der Waals surface area (Å²) >= 11 is 1.09. The zero-order valence-electron chi connectivity index (χ0n) is 13.2. The van der Waals surface area contributed by atoms with E-state index in [9.17, 15) is 32.0 Å². The lowest BCUT2D eigenvalue weighted by molar-refractivity contribution is 0.101. The van der Waals surface area contributed by atoms with Crippen molar-refractivity contribution < 1.29 is 26.7 Å². The molecule has 0 saturated carbocycles. The zero-order valence-corrected chi connectivity index (χ0v) is 14.0. The van der Waals surface area contributed by atoms with Crippen molar-refractivity contribution in [3.63, 3.8) is 0 Å². The van der Waals surface area contributed by atoms with Gasteiger partial charge in [-0.25, -0.2) is 22.0 Å². The van der Waals surface area contributed by atoms with Crippen LogP contribution in [-0.2, 0) is 12.8 Å². The molecule has 0 saturated heterocycles. The molecule has 1 N–H and O–H groups in total. The molecule has 0 spiro atoms. The fourth-order valence-corrected chi connectivity index (χ4v) is 4.15. The molecule has 0 bridgehead atoms. The number of carbonyl (C=O) groups excluding carboxylic acids is 1. The van der Waals surface area contributed by atoms with E-state index in [2.05, 4.69) is 5.32 Å². The van der Waals surface area contributed by atoms with Gasteiger partial charge in [-0.3, -0.25) is 4.79 Å². The summed E-state index contributed by atoms with van der Waals surface area (Å²) in [6.45, 7) is 0. The van der Waals surface area contributed by atoms with Crippen LogP contribution < -0.4 is 5.32 Å². The topological polar surface area (TPSA) is 52.9 Å². The molecule has 1 heterocycles. The highest BCUT2D eigenvalue weighted by atomic mass is 32.1. The van der Waals surface area contributed by atoms with Crippen LogP contribution in [0, 0.1) is 40.4 Å². The van der Waals surface area contributed by atoms with E-state index in [1.165, 1.54) is 0 Å². The van der Waals surface area contributed by atoms with Gasteiger partial charge >= 0.3 is 0 Å². The Hall–Kier alpha value is -2.47. The Bertz CT molecular complexity index is 919. The number of aryl methyl sites for hydroxylation is 1. The summed E-state index contributed by atoms with van der Waals surface area (Å²) < 4.78 is 67.2. The zero-order chi connectivity index (χ0) is 19.0. The number of thiophene rings is 1. The molecule has 1 aliphatic rings. The number of hydrogen-bond acceptors (Lipinski definition) is 3. The Balaban J connectivity index is 2.01. The number of rotatable bonds is 2. The van der Waals surface area contributed by atoms with E-state index in [0.717, 1.165) is 41.0 Å². The summed E-state index contributed by atoms with van der Waals surface area (Å²) in [6.07, 6.45) is 4.10. The summed E-state index contributed by atoms with van der Waals surface area (Å²) in [5.74, 6) is -12.7. The predicted molar refractivity (Wildman–Crippen MR) is 84.5 cm³/mol. The summed E-state index contributed by atoms with van der Waals surface area (Å²) in [5.41, 5.74) is -0.638. The molecule has 2 aromatic rings. The van der Waals surface area contributed by atoms with Gasteiger partial charge in [0.1, 0.15) is 16.6 Å². The lowest BCUT2D eigenvalue weighted by Crippen LogP contribution is -2.19. The quantitative estimate of drug-likeness (QED) is 0.348. The molecule has 0 unspecified atom stereocenters. The minimum Gasteiger partial charge on any atom is -0.312 e. The monoisotopic (exact) mass is 386 g/mol. The number of halogens is 5. The van der Waals surface area contributed by atoms with Gasteiger partial charge in [-0.2, -0.15) is 5.26 Å². The van der Waals surface area contributed by atoms with Crippen LogP contribution in [0.5, 0.6) is 0 Å². The molecule has 3 rings (SSSR count). The highest BCUT2D eigenvalue weighted by Crippen LogP contribution is 2.37. The number of fused-ring (bicyclic) bond motifs is 1. The number of anilines is 1. The first-order chi connectivity index (χ1) is 12.4. The highest BCUT2D eigenvalue weighted by molar-refractivity contribution is 7.16. The van der Waals surface area contributed by atoms with Crippen molar-refractivity contribution in [1.82, 2.24) is 0 Å². The van der Waals surface area contributed by atoms with Gasteiger partial charge in [0.05, 0.1) is 5.56 Å². The molecule has 26 heavy (non-hydrogen) atoms. The van der Waals surface area contributed by atoms with Gasteiger partial charge in [0, 0.05) is 4.88 Å². The second-order valence-electron chi connectivity index (χ2n) is 5.78. The first-order valence-electron chi connectivity index (χ1n) is 7.74. The molecule has 3 nitrogen and oxygen atoms in total. The molecule has 1 aliphatic carbocycles. The number of nitrogens with one attached hydrogen (secondary N) is 1. The number of amides is 1. The Morgan fingerprint density at radius 2 is 1.50 bits per heavy atom. The fraction of sp³-hybridized carbons (Fsp3) is 0.294. The molecule has 0 atom stereocenters. The lowest BCUT2D eigenvalue weighted by Gasteiger charge is -2.08. The maximum atomic E-state index is 13.8. The molecule has 1 amide bonds. The van der Waals surface area contributed by atoms with Crippen molar-refractivity contribution in [3.8, 4) is 6.07 Å². The average Bonchev–Trinajstić information content (AvgIpc) is 2.78. The smallest absolute Gasteiger partial charge is 0.262 e. The minimum absolute atomic E-state index is 0.0494. The number of nitriles is 1. The third-order valence-electron chi connectivity index (χ3n) is 4.20. The normalized spacial score (nSPS) is 13.7. The summed E-state index contributed by atoms with van der Waals surface area (Å²) in [7, 11) is 0. The van der Waals surface area contributed by atoms with Crippen molar-refractivity contribution >= 4 is 22.2 Å². The molecule has 0 fully saturated rings. The van der Waals surface area contributed by atoms with Crippen LogP contribution in [-0.4, -0.2) is 5.91 Å². The van der Waals surface area contributed by atoms with E-state index in [-0.39, 0.29) is 10.6 Å². The molecular weight excluding hydrogens is 375 g/mol. The summed E-state index contributed by atoms with van der Waals surface area (Å²) in [6, 6.07) is 1.95. The van der Waals surface area contributed by atoms with Crippen LogP contribution in [0.4, 0.5) is 27.0 Å². The van der Waals surface area contributed by atoms with Crippen molar-refractivity contribution in [2.45, 2.75) is 32.1 Å². The van der Waals surface area contributed by atoms with Crippen molar-refractivity contribution in [2.75, 3.05) is 5.32 Å². The maximum Gasteiger partial charge on any atom is 0.262 e. The Labute approximate surface area is 149 Å². The molecule has 9 heteroatoms. The molecule has 1 aromatic heterocycles. The Morgan fingerprint density at radius 3 is 2.12 bits per heavy atom. The molecule has 0 radical (unpaired) electrons. The van der Waals surface area contributed by atoms with E-state index >= 15 is 0 Å². The standard InChI is InChI=1S/C17H11F5N2OS/c18-11-10(12(19)14(21)15(22)13(11)20)16(25)24-17-8(6-23)7-4-2-1-3-5-9(7)26-17/h1-5H2,(H,24,25). The summed E-state index contributed by atoms with van der Waals surface area (Å²) in [4.78, 5) is 13.1.